The molecule has 1 aromatic carbocycles. The fourth-order valence-electron chi connectivity index (χ4n) is 2.28. The molecule has 0 aromatic heterocycles. The Morgan fingerprint density at radius 3 is 2.90 bits per heavy atom. The number of hydrogen-bond donors (Lipinski definition) is 2. The van der Waals surface area contributed by atoms with Crippen LogP contribution < -0.4 is 11.1 Å². The first-order chi connectivity index (χ1) is 9.77. The summed E-state index contributed by atoms with van der Waals surface area (Å²) >= 11 is 0. The van der Waals surface area contributed by atoms with Gasteiger partial charge in [0, 0.05) is 18.3 Å². The van der Waals surface area contributed by atoms with E-state index in [0.717, 1.165) is 0 Å². The lowest BCUT2D eigenvalue weighted by Crippen LogP contribution is -2.49. The van der Waals surface area contributed by atoms with Gasteiger partial charge in [-0.2, -0.15) is 0 Å². The van der Waals surface area contributed by atoms with Crippen molar-refractivity contribution in [3.8, 4) is 0 Å². The molecule has 1 unspecified atom stereocenters. The van der Waals surface area contributed by atoms with Crippen LogP contribution in [0.4, 0.5) is 15.8 Å². The van der Waals surface area contributed by atoms with Crippen LogP contribution in [0, 0.1) is 5.82 Å². The molecule has 1 heterocycles. The van der Waals surface area contributed by atoms with Crippen molar-refractivity contribution in [3.05, 3.63) is 24.0 Å². The molecule has 116 valence electrons. The minimum Gasteiger partial charge on any atom is -0.399 e. The summed E-state index contributed by atoms with van der Waals surface area (Å²) in [6.07, 6.45) is 0. The summed E-state index contributed by atoms with van der Waals surface area (Å²) in [6, 6.07) is 3.70. The van der Waals surface area contributed by atoms with E-state index in [1.807, 2.05) is 0 Å². The summed E-state index contributed by atoms with van der Waals surface area (Å²) in [5.41, 5.74) is 5.92. The van der Waals surface area contributed by atoms with Crippen LogP contribution in [-0.2, 0) is 14.6 Å². The van der Waals surface area contributed by atoms with Crippen molar-refractivity contribution in [1.82, 2.24) is 4.90 Å². The number of anilines is 2. The van der Waals surface area contributed by atoms with E-state index in [4.69, 9.17) is 5.73 Å². The Bertz CT molecular complexity index is 648. The highest BCUT2D eigenvalue weighted by atomic mass is 32.2. The molecule has 1 fully saturated rings. The molecular weight excluding hydrogens is 297 g/mol. The molecule has 1 aliphatic heterocycles. The molecular formula is C13H18FN3O3S. The molecule has 0 saturated carbocycles. The standard InChI is InChI=1S/C13H18FN3O3S/c1-9-8-21(19,20)5-4-17(9)7-13(18)16-12-6-10(15)2-3-11(12)14/h2-3,6,9H,4-5,7-8,15H2,1H3,(H,16,18). The fraction of sp³-hybridized carbons (Fsp3) is 0.462. The second-order valence-corrected chi connectivity index (χ2v) is 7.45. The number of nitrogens with one attached hydrogen (secondary N) is 1. The molecule has 2 rings (SSSR count). The molecule has 8 heteroatoms. The van der Waals surface area contributed by atoms with Crippen molar-refractivity contribution in [1.29, 1.82) is 0 Å². The van der Waals surface area contributed by atoms with Gasteiger partial charge in [0.05, 0.1) is 23.7 Å². The molecule has 0 aliphatic carbocycles. The summed E-state index contributed by atoms with van der Waals surface area (Å²) in [5, 5.41) is 2.45. The predicted octanol–water partition coefficient (Wildman–Crippen LogP) is 0.465. The molecule has 0 radical (unpaired) electrons. The van der Waals surface area contributed by atoms with E-state index < -0.39 is 21.6 Å². The van der Waals surface area contributed by atoms with Gasteiger partial charge in [-0.15, -0.1) is 0 Å². The molecule has 0 bridgehead atoms. The summed E-state index contributed by atoms with van der Waals surface area (Å²) < 4.78 is 36.5. The van der Waals surface area contributed by atoms with Gasteiger partial charge in [-0.3, -0.25) is 9.69 Å². The van der Waals surface area contributed by atoms with Gasteiger partial charge in [-0.25, -0.2) is 12.8 Å². The number of rotatable bonds is 3. The number of hydrogen-bond acceptors (Lipinski definition) is 5. The summed E-state index contributed by atoms with van der Waals surface area (Å²) in [4.78, 5) is 13.7. The van der Waals surface area contributed by atoms with E-state index in [2.05, 4.69) is 5.32 Å². The zero-order chi connectivity index (χ0) is 15.6. The maximum Gasteiger partial charge on any atom is 0.238 e. The van der Waals surface area contributed by atoms with Gasteiger partial charge in [-0.1, -0.05) is 0 Å². The quantitative estimate of drug-likeness (QED) is 0.791. The van der Waals surface area contributed by atoms with Gasteiger partial charge >= 0.3 is 0 Å². The minimum absolute atomic E-state index is 0.0188. The highest BCUT2D eigenvalue weighted by molar-refractivity contribution is 7.91. The van der Waals surface area contributed by atoms with Crippen LogP contribution in [0.1, 0.15) is 6.92 Å². The lowest BCUT2D eigenvalue weighted by Gasteiger charge is -2.32. The van der Waals surface area contributed by atoms with Crippen LogP contribution in [0.2, 0.25) is 0 Å². The normalized spacial score (nSPS) is 21.9. The van der Waals surface area contributed by atoms with Crippen LogP contribution >= 0.6 is 0 Å². The van der Waals surface area contributed by atoms with Crippen molar-refractivity contribution >= 4 is 27.1 Å². The van der Waals surface area contributed by atoms with Crippen LogP contribution in [0.15, 0.2) is 18.2 Å². The Hall–Kier alpha value is -1.67. The predicted molar refractivity (Wildman–Crippen MR) is 79.1 cm³/mol. The van der Waals surface area contributed by atoms with E-state index in [1.165, 1.54) is 18.2 Å². The monoisotopic (exact) mass is 315 g/mol. The summed E-state index contributed by atoms with van der Waals surface area (Å²) in [7, 11) is -3.02. The Kier molecular flexibility index (Phi) is 4.48. The number of sulfone groups is 1. The van der Waals surface area contributed by atoms with Crippen molar-refractivity contribution in [2.24, 2.45) is 0 Å². The van der Waals surface area contributed by atoms with Crippen molar-refractivity contribution in [2.45, 2.75) is 13.0 Å². The third kappa shape index (κ3) is 4.15. The second-order valence-electron chi connectivity index (χ2n) is 5.22. The Morgan fingerprint density at radius 2 is 2.24 bits per heavy atom. The van der Waals surface area contributed by atoms with Crippen LogP contribution in [0.25, 0.3) is 0 Å². The van der Waals surface area contributed by atoms with Crippen LogP contribution in [0.5, 0.6) is 0 Å². The first-order valence-corrected chi connectivity index (χ1v) is 8.38. The average Bonchev–Trinajstić information content (AvgIpc) is 2.37. The Morgan fingerprint density at radius 1 is 1.52 bits per heavy atom. The van der Waals surface area contributed by atoms with Gasteiger partial charge in [0.1, 0.15) is 5.82 Å². The lowest BCUT2D eigenvalue weighted by atomic mass is 10.2. The summed E-state index contributed by atoms with van der Waals surface area (Å²) in [5.74, 6) is -0.887. The third-order valence-electron chi connectivity index (χ3n) is 3.42. The molecule has 6 nitrogen and oxygen atoms in total. The van der Waals surface area contributed by atoms with Gasteiger partial charge in [0.2, 0.25) is 5.91 Å². The number of carbonyl (C=O) groups is 1. The highest BCUT2D eigenvalue weighted by Gasteiger charge is 2.29. The fourth-order valence-corrected chi connectivity index (χ4v) is 3.91. The molecule has 3 N–H and O–H groups in total. The topological polar surface area (TPSA) is 92.5 Å². The van der Waals surface area contributed by atoms with E-state index in [9.17, 15) is 17.6 Å². The zero-order valence-corrected chi connectivity index (χ0v) is 12.5. The van der Waals surface area contributed by atoms with Crippen molar-refractivity contribution < 1.29 is 17.6 Å². The molecule has 1 atom stereocenters. The molecule has 1 aliphatic rings. The smallest absolute Gasteiger partial charge is 0.238 e. The molecule has 1 amide bonds. The number of benzene rings is 1. The molecule has 21 heavy (non-hydrogen) atoms. The lowest BCUT2D eigenvalue weighted by molar-refractivity contribution is -0.117. The Balaban J connectivity index is 1.97. The molecule has 0 spiro atoms. The zero-order valence-electron chi connectivity index (χ0n) is 11.7. The Labute approximate surface area is 123 Å². The van der Waals surface area contributed by atoms with E-state index >= 15 is 0 Å². The van der Waals surface area contributed by atoms with Crippen LogP contribution in [-0.4, -0.2) is 49.9 Å². The van der Waals surface area contributed by atoms with Crippen molar-refractivity contribution in [3.63, 3.8) is 0 Å². The van der Waals surface area contributed by atoms with E-state index in [-0.39, 0.29) is 29.8 Å². The first kappa shape index (κ1) is 15.7. The first-order valence-electron chi connectivity index (χ1n) is 6.56. The largest absolute Gasteiger partial charge is 0.399 e. The summed E-state index contributed by atoms with van der Waals surface area (Å²) in [6.45, 7) is 2.08. The number of carbonyl (C=O) groups excluding carboxylic acids is 1. The number of halogens is 1. The van der Waals surface area contributed by atoms with Gasteiger partial charge in [0.25, 0.3) is 0 Å². The SMILES string of the molecule is CC1CS(=O)(=O)CCN1CC(=O)Nc1cc(N)ccc1F. The number of nitrogen functional groups attached to an aromatic ring is 1. The number of nitrogens with two attached hydrogens (primary N) is 1. The van der Waals surface area contributed by atoms with Crippen molar-refractivity contribution in [2.75, 3.05) is 35.6 Å². The van der Waals surface area contributed by atoms with Crippen LogP contribution in [0.3, 0.4) is 0 Å². The van der Waals surface area contributed by atoms with E-state index in [0.29, 0.717) is 12.2 Å². The number of nitrogens with zero attached hydrogens (tertiary/aromatic N) is 1. The molecule has 1 aromatic rings. The maximum atomic E-state index is 13.5. The maximum absolute atomic E-state index is 13.5. The number of amides is 1. The second kappa shape index (κ2) is 5.98. The molecule has 1 saturated heterocycles. The van der Waals surface area contributed by atoms with E-state index in [1.54, 1.807) is 11.8 Å². The minimum atomic E-state index is -3.02. The highest BCUT2D eigenvalue weighted by Crippen LogP contribution is 2.18. The van der Waals surface area contributed by atoms with Gasteiger partial charge in [0.15, 0.2) is 9.84 Å². The van der Waals surface area contributed by atoms with Gasteiger partial charge < -0.3 is 11.1 Å². The van der Waals surface area contributed by atoms with Gasteiger partial charge in [-0.05, 0) is 25.1 Å². The third-order valence-corrected chi connectivity index (χ3v) is 5.21. The average molecular weight is 315 g/mol.